The predicted octanol–water partition coefficient (Wildman–Crippen LogP) is 7.66. The van der Waals surface area contributed by atoms with Crippen LogP contribution in [0.3, 0.4) is 0 Å². The van der Waals surface area contributed by atoms with Crippen molar-refractivity contribution in [2.24, 2.45) is 5.41 Å². The van der Waals surface area contributed by atoms with E-state index >= 15 is 0 Å². The summed E-state index contributed by atoms with van der Waals surface area (Å²) in [5.41, 5.74) is 3.47. The lowest BCUT2D eigenvalue weighted by molar-refractivity contribution is 0.344. The third-order valence-corrected chi connectivity index (χ3v) is 4.66. The lowest BCUT2D eigenvalue weighted by Gasteiger charge is -2.23. The molecule has 0 aliphatic carbocycles. The van der Waals surface area contributed by atoms with Crippen molar-refractivity contribution < 1.29 is 0 Å². The minimum Gasteiger partial charge on any atom is -0.0854 e. The second-order valence-corrected chi connectivity index (χ2v) is 6.73. The Hall–Kier alpha value is -0.520. The van der Waals surface area contributed by atoms with Crippen molar-refractivity contribution in [3.63, 3.8) is 0 Å². The highest BCUT2D eigenvalue weighted by molar-refractivity contribution is 5.01. The molecular weight excluding hydrogens is 252 g/mol. The van der Waals surface area contributed by atoms with Crippen LogP contribution in [0, 0.1) is 12.3 Å². The van der Waals surface area contributed by atoms with Gasteiger partial charge < -0.3 is 0 Å². The average molecular weight is 292 g/mol. The zero-order valence-electron chi connectivity index (χ0n) is 15.4. The second-order valence-electron chi connectivity index (χ2n) is 6.73. The maximum atomic E-state index is 4.44. The molecule has 0 saturated carbocycles. The molecular formula is C21H39. The van der Waals surface area contributed by atoms with Gasteiger partial charge in [0.2, 0.25) is 0 Å². The molecule has 1 radical (unpaired) electrons. The molecule has 0 bridgehead atoms. The topological polar surface area (TPSA) is 0 Å². The van der Waals surface area contributed by atoms with Crippen molar-refractivity contribution in [3.05, 3.63) is 30.2 Å². The van der Waals surface area contributed by atoms with Crippen LogP contribution in [0.4, 0.5) is 0 Å². The van der Waals surface area contributed by atoms with Gasteiger partial charge in [0.15, 0.2) is 0 Å². The van der Waals surface area contributed by atoms with E-state index in [1.807, 2.05) is 0 Å². The molecule has 0 aromatic rings. The Bertz CT molecular complexity index is 292. The summed E-state index contributed by atoms with van der Waals surface area (Å²) in [4.78, 5) is 0. The van der Waals surface area contributed by atoms with Crippen LogP contribution in [-0.4, -0.2) is 0 Å². The van der Waals surface area contributed by atoms with Gasteiger partial charge in [0.1, 0.15) is 0 Å². The summed E-state index contributed by atoms with van der Waals surface area (Å²) in [6, 6.07) is 0. The fourth-order valence-corrected chi connectivity index (χ4v) is 2.83. The van der Waals surface area contributed by atoms with E-state index in [-0.39, 0.29) is 5.41 Å². The number of unbranched alkanes of at least 4 members (excludes halogenated alkanes) is 2. The quantitative estimate of drug-likeness (QED) is 0.256. The summed E-state index contributed by atoms with van der Waals surface area (Å²) < 4.78 is 0. The monoisotopic (exact) mass is 291 g/mol. The summed E-state index contributed by atoms with van der Waals surface area (Å²) in [6.07, 6.45) is 17.3. The minimum absolute atomic E-state index is 0.255. The summed E-state index contributed by atoms with van der Waals surface area (Å²) in [6.45, 7) is 15.8. The second kappa shape index (κ2) is 12.1. The largest absolute Gasteiger partial charge is 0.0854 e. The molecule has 0 aliphatic heterocycles. The van der Waals surface area contributed by atoms with Gasteiger partial charge in [0.25, 0.3) is 0 Å². The summed E-state index contributed by atoms with van der Waals surface area (Å²) in [5.74, 6) is 0. The molecule has 0 amide bonds. The van der Waals surface area contributed by atoms with Crippen LogP contribution in [0.5, 0.6) is 0 Å². The van der Waals surface area contributed by atoms with Gasteiger partial charge in [-0.3, -0.25) is 0 Å². The molecule has 1 unspecified atom stereocenters. The first-order chi connectivity index (χ1) is 9.99. The molecule has 0 spiro atoms. The number of hydrogen-bond acceptors (Lipinski definition) is 0. The molecule has 0 aliphatic rings. The first-order valence-corrected chi connectivity index (χ1v) is 9.20. The van der Waals surface area contributed by atoms with E-state index in [4.69, 9.17) is 0 Å². The SMILES string of the molecule is [CH2]C(C)(CCC=C(CC)CC)CCCCC=C(CC)CC. The van der Waals surface area contributed by atoms with Gasteiger partial charge in [-0.15, -0.1) is 0 Å². The molecule has 0 N–H and O–H groups in total. The lowest BCUT2D eigenvalue weighted by atomic mass is 9.82. The van der Waals surface area contributed by atoms with E-state index in [0.29, 0.717) is 0 Å². The maximum absolute atomic E-state index is 4.44. The van der Waals surface area contributed by atoms with Crippen molar-refractivity contribution in [2.45, 2.75) is 98.8 Å². The molecule has 21 heavy (non-hydrogen) atoms. The summed E-state index contributed by atoms with van der Waals surface area (Å²) in [7, 11) is 0. The van der Waals surface area contributed by atoms with Crippen LogP contribution < -0.4 is 0 Å². The van der Waals surface area contributed by atoms with Crippen LogP contribution in [0.15, 0.2) is 23.3 Å². The Labute approximate surface area is 135 Å². The molecule has 0 rings (SSSR count). The Kier molecular flexibility index (Phi) is 11.8. The molecule has 0 aromatic heterocycles. The van der Waals surface area contributed by atoms with Gasteiger partial charge in [-0.2, -0.15) is 0 Å². The van der Waals surface area contributed by atoms with E-state index in [1.54, 1.807) is 11.1 Å². The van der Waals surface area contributed by atoms with Crippen LogP contribution >= 0.6 is 0 Å². The fourth-order valence-electron chi connectivity index (χ4n) is 2.83. The average Bonchev–Trinajstić information content (AvgIpc) is 2.47. The molecule has 0 saturated heterocycles. The third-order valence-electron chi connectivity index (χ3n) is 4.66. The van der Waals surface area contributed by atoms with Gasteiger partial charge in [-0.1, -0.05) is 64.3 Å². The minimum atomic E-state index is 0.255. The highest BCUT2D eigenvalue weighted by Gasteiger charge is 2.16. The van der Waals surface area contributed by atoms with Gasteiger partial charge >= 0.3 is 0 Å². The normalized spacial score (nSPS) is 11.3. The Morgan fingerprint density at radius 3 is 1.71 bits per heavy atom. The Morgan fingerprint density at radius 1 is 0.762 bits per heavy atom. The van der Waals surface area contributed by atoms with E-state index in [9.17, 15) is 0 Å². The Balaban J connectivity index is 3.92. The van der Waals surface area contributed by atoms with Crippen molar-refractivity contribution in [2.75, 3.05) is 0 Å². The smallest absolute Gasteiger partial charge is 0.0323 e. The van der Waals surface area contributed by atoms with Crippen LogP contribution in [-0.2, 0) is 0 Å². The molecule has 0 nitrogen and oxygen atoms in total. The molecule has 0 aromatic carbocycles. The van der Waals surface area contributed by atoms with Crippen LogP contribution in [0.25, 0.3) is 0 Å². The van der Waals surface area contributed by atoms with Crippen molar-refractivity contribution in [3.8, 4) is 0 Å². The molecule has 123 valence electrons. The van der Waals surface area contributed by atoms with Crippen LogP contribution in [0.1, 0.15) is 98.8 Å². The Morgan fingerprint density at radius 2 is 1.24 bits per heavy atom. The highest BCUT2D eigenvalue weighted by atomic mass is 14.2. The van der Waals surface area contributed by atoms with Gasteiger partial charge in [-0.05, 0) is 70.1 Å². The maximum Gasteiger partial charge on any atom is -0.0323 e. The zero-order valence-corrected chi connectivity index (χ0v) is 15.4. The zero-order chi connectivity index (χ0) is 16.1. The fraction of sp³-hybridized carbons (Fsp3) is 0.762. The summed E-state index contributed by atoms with van der Waals surface area (Å²) >= 11 is 0. The van der Waals surface area contributed by atoms with Crippen molar-refractivity contribution >= 4 is 0 Å². The standard InChI is InChI=1S/C21H39/c1-7-19(8-2)15-12-11-13-17-21(5,6)18-14-16-20(9-3)10-4/h15-16H,5,7-14,17-18H2,1-4,6H3. The van der Waals surface area contributed by atoms with E-state index < -0.39 is 0 Å². The summed E-state index contributed by atoms with van der Waals surface area (Å²) in [5, 5.41) is 0. The first-order valence-electron chi connectivity index (χ1n) is 9.20. The number of hydrogen-bond donors (Lipinski definition) is 0. The molecule has 1 atom stereocenters. The van der Waals surface area contributed by atoms with E-state index in [2.05, 4.69) is 53.7 Å². The number of rotatable bonds is 12. The highest BCUT2D eigenvalue weighted by Crippen LogP contribution is 2.29. The molecule has 0 heterocycles. The van der Waals surface area contributed by atoms with Gasteiger partial charge in [-0.25, -0.2) is 0 Å². The van der Waals surface area contributed by atoms with Crippen molar-refractivity contribution in [1.29, 1.82) is 0 Å². The van der Waals surface area contributed by atoms with Crippen molar-refractivity contribution in [1.82, 2.24) is 0 Å². The van der Waals surface area contributed by atoms with Crippen LogP contribution in [0.2, 0.25) is 0 Å². The van der Waals surface area contributed by atoms with E-state index in [1.165, 1.54) is 64.2 Å². The predicted molar refractivity (Wildman–Crippen MR) is 98.5 cm³/mol. The number of allylic oxidation sites excluding steroid dienone is 4. The molecule has 0 fully saturated rings. The molecule has 0 heteroatoms. The lowest BCUT2D eigenvalue weighted by Crippen LogP contribution is -2.11. The van der Waals surface area contributed by atoms with Gasteiger partial charge in [0.05, 0.1) is 0 Å². The van der Waals surface area contributed by atoms with E-state index in [0.717, 1.165) is 0 Å². The first kappa shape index (κ1) is 20.5. The third kappa shape index (κ3) is 10.8. The van der Waals surface area contributed by atoms with Gasteiger partial charge in [0, 0.05) is 0 Å².